The zero-order valence-electron chi connectivity index (χ0n) is 17.4. The average Bonchev–Trinajstić information content (AvgIpc) is 3.40. The minimum Gasteiger partial charge on any atom is -0.481 e. The van der Waals surface area contributed by atoms with Gasteiger partial charge in [0.2, 0.25) is 11.8 Å². The highest BCUT2D eigenvalue weighted by Crippen LogP contribution is 2.25. The number of carbonyl (C=O) groups excluding carboxylic acids is 1. The predicted molar refractivity (Wildman–Crippen MR) is 113 cm³/mol. The average molecular weight is 460 g/mol. The smallest absolute Gasteiger partial charge is 0.326 e. The molecule has 2 aromatic heterocycles. The van der Waals surface area contributed by atoms with Crippen LogP contribution in [0.15, 0.2) is 34.9 Å². The highest BCUT2D eigenvalue weighted by Gasteiger charge is 2.28. The summed E-state index contributed by atoms with van der Waals surface area (Å²) in [6.07, 6.45) is 1.36. The van der Waals surface area contributed by atoms with Crippen molar-refractivity contribution in [1.29, 1.82) is 0 Å². The molecule has 0 saturated heterocycles. The van der Waals surface area contributed by atoms with Crippen LogP contribution in [0.4, 0.5) is 4.79 Å². The van der Waals surface area contributed by atoms with E-state index in [4.69, 9.17) is 20.4 Å². The van der Waals surface area contributed by atoms with E-state index in [9.17, 15) is 19.5 Å². The van der Waals surface area contributed by atoms with E-state index < -0.39 is 42.5 Å². The molecule has 13 nitrogen and oxygen atoms in total. The SMILES string of the molecule is N[C@@H](CCO)c1nnc([C@H](Cc2c[nH]c3ccccc23)NC(=O)N[C@@H](CC(=O)O)C(=O)O)o1. The monoisotopic (exact) mass is 460 g/mol. The maximum Gasteiger partial charge on any atom is 0.326 e. The fourth-order valence-electron chi connectivity index (χ4n) is 3.25. The maximum absolute atomic E-state index is 12.5. The lowest BCUT2D eigenvalue weighted by atomic mass is 10.0. The number of carboxylic acids is 2. The molecule has 3 atom stereocenters. The van der Waals surface area contributed by atoms with Gasteiger partial charge in [0.05, 0.1) is 12.5 Å². The number of para-hydroxylation sites is 1. The second-order valence-corrected chi connectivity index (χ2v) is 7.32. The Balaban J connectivity index is 1.84. The largest absolute Gasteiger partial charge is 0.481 e. The van der Waals surface area contributed by atoms with Crippen molar-refractivity contribution in [3.8, 4) is 0 Å². The van der Waals surface area contributed by atoms with E-state index in [0.29, 0.717) is 0 Å². The van der Waals surface area contributed by atoms with Crippen molar-refractivity contribution >= 4 is 28.9 Å². The van der Waals surface area contributed by atoms with Gasteiger partial charge >= 0.3 is 18.0 Å². The van der Waals surface area contributed by atoms with Crippen molar-refractivity contribution in [3.63, 3.8) is 0 Å². The van der Waals surface area contributed by atoms with Gasteiger partial charge in [0.1, 0.15) is 12.1 Å². The molecule has 0 unspecified atom stereocenters. The molecule has 3 aromatic rings. The highest BCUT2D eigenvalue weighted by atomic mass is 16.4. The molecule has 0 aliphatic rings. The third-order valence-corrected chi connectivity index (χ3v) is 4.90. The second-order valence-electron chi connectivity index (χ2n) is 7.32. The summed E-state index contributed by atoms with van der Waals surface area (Å²) in [7, 11) is 0. The Labute approximate surface area is 187 Å². The number of carboxylic acid groups (broad SMARTS) is 2. The highest BCUT2D eigenvalue weighted by molar-refractivity contribution is 5.86. The van der Waals surface area contributed by atoms with Gasteiger partial charge in [0.15, 0.2) is 0 Å². The Morgan fingerprint density at radius 2 is 1.85 bits per heavy atom. The fraction of sp³-hybridized carbons (Fsp3) is 0.350. The maximum atomic E-state index is 12.5. The number of hydrogen-bond acceptors (Lipinski definition) is 8. The third-order valence-electron chi connectivity index (χ3n) is 4.90. The molecule has 0 spiro atoms. The predicted octanol–water partition coefficient (Wildman–Crippen LogP) is 0.444. The molecule has 0 fully saturated rings. The molecule has 0 bridgehead atoms. The summed E-state index contributed by atoms with van der Waals surface area (Å²) in [5.41, 5.74) is 7.58. The van der Waals surface area contributed by atoms with Gasteiger partial charge < -0.3 is 41.1 Å². The molecule has 1 aromatic carbocycles. The Hall–Kier alpha value is -3.97. The number of carbonyl (C=O) groups is 3. The van der Waals surface area contributed by atoms with Gasteiger partial charge in [-0.1, -0.05) is 18.2 Å². The molecular weight excluding hydrogens is 436 g/mol. The van der Waals surface area contributed by atoms with Crippen LogP contribution in [0.1, 0.15) is 42.3 Å². The number of benzene rings is 1. The minimum absolute atomic E-state index is 0.0175. The van der Waals surface area contributed by atoms with Crippen LogP contribution >= 0.6 is 0 Å². The first kappa shape index (κ1) is 23.7. The molecule has 176 valence electrons. The van der Waals surface area contributed by atoms with Crippen molar-refractivity contribution < 1.29 is 34.1 Å². The van der Waals surface area contributed by atoms with Crippen LogP contribution in [0, 0.1) is 0 Å². The van der Waals surface area contributed by atoms with Gasteiger partial charge in [0, 0.05) is 30.1 Å². The van der Waals surface area contributed by atoms with Crippen LogP contribution in [0.25, 0.3) is 10.9 Å². The molecular formula is C20H24N6O7. The van der Waals surface area contributed by atoms with E-state index in [1.54, 1.807) is 6.20 Å². The number of nitrogens with zero attached hydrogens (tertiary/aromatic N) is 2. The summed E-state index contributed by atoms with van der Waals surface area (Å²) in [5.74, 6) is -2.78. The number of nitrogens with two attached hydrogens (primary N) is 1. The van der Waals surface area contributed by atoms with E-state index >= 15 is 0 Å². The molecule has 0 aliphatic carbocycles. The van der Waals surface area contributed by atoms with Gasteiger partial charge in [-0.3, -0.25) is 4.79 Å². The van der Waals surface area contributed by atoms with Gasteiger partial charge in [-0.2, -0.15) is 0 Å². The Morgan fingerprint density at radius 3 is 2.55 bits per heavy atom. The number of aliphatic hydroxyl groups excluding tert-OH is 1. The molecule has 3 rings (SSSR count). The van der Waals surface area contributed by atoms with Crippen LogP contribution in [-0.4, -0.2) is 61.1 Å². The first-order chi connectivity index (χ1) is 15.8. The molecule has 0 saturated carbocycles. The summed E-state index contributed by atoms with van der Waals surface area (Å²) in [5, 5.41) is 40.6. The van der Waals surface area contributed by atoms with Crippen LogP contribution in [0.5, 0.6) is 0 Å². The molecule has 2 amide bonds. The molecule has 33 heavy (non-hydrogen) atoms. The number of urea groups is 1. The summed E-state index contributed by atoms with van der Waals surface area (Å²) in [6, 6.07) is 3.36. The number of aliphatic carboxylic acids is 2. The first-order valence-electron chi connectivity index (χ1n) is 10.0. The topological polar surface area (TPSA) is 217 Å². The number of amides is 2. The standard InChI is InChI=1S/C20H24N6O7/c21-12(5-6-27)17-25-26-18(33-17)14(7-10-9-22-13-4-2-1-3-11(10)13)23-20(32)24-15(19(30)31)8-16(28)29/h1-4,9,12,14-15,22,27H,5-8,21H2,(H,28,29)(H,30,31)(H2,23,24,32)/t12-,14-,15-/m0/s1. The number of rotatable bonds is 11. The van der Waals surface area contributed by atoms with E-state index in [2.05, 4.69) is 25.8 Å². The van der Waals surface area contributed by atoms with E-state index in [0.717, 1.165) is 16.5 Å². The number of fused-ring (bicyclic) bond motifs is 1. The number of aromatic amines is 1. The van der Waals surface area contributed by atoms with Crippen molar-refractivity contribution in [2.24, 2.45) is 5.73 Å². The van der Waals surface area contributed by atoms with E-state index in [-0.39, 0.29) is 31.2 Å². The van der Waals surface area contributed by atoms with Gasteiger partial charge in [-0.05, 0) is 18.1 Å². The van der Waals surface area contributed by atoms with Gasteiger partial charge in [-0.15, -0.1) is 10.2 Å². The lowest BCUT2D eigenvalue weighted by Crippen LogP contribution is -2.48. The molecule has 8 N–H and O–H groups in total. The van der Waals surface area contributed by atoms with E-state index in [1.807, 2.05) is 24.3 Å². The first-order valence-corrected chi connectivity index (χ1v) is 10.0. The fourth-order valence-corrected chi connectivity index (χ4v) is 3.25. The molecule has 2 heterocycles. The number of aromatic nitrogens is 3. The number of aliphatic hydroxyl groups is 1. The Kier molecular flexibility index (Phi) is 7.58. The molecule has 13 heteroatoms. The summed E-state index contributed by atoms with van der Waals surface area (Å²) >= 11 is 0. The zero-order chi connectivity index (χ0) is 24.0. The molecule has 0 radical (unpaired) electrons. The summed E-state index contributed by atoms with van der Waals surface area (Å²) in [6.45, 7) is -0.182. The van der Waals surface area contributed by atoms with Crippen molar-refractivity contribution in [1.82, 2.24) is 25.8 Å². The van der Waals surface area contributed by atoms with Crippen LogP contribution in [-0.2, 0) is 16.0 Å². The van der Waals surface area contributed by atoms with Crippen LogP contribution in [0.3, 0.4) is 0 Å². The van der Waals surface area contributed by atoms with Crippen LogP contribution in [0.2, 0.25) is 0 Å². The normalized spacial score (nSPS) is 13.9. The lowest BCUT2D eigenvalue weighted by Gasteiger charge is -2.18. The quantitative estimate of drug-likeness (QED) is 0.209. The number of hydrogen-bond donors (Lipinski definition) is 7. The summed E-state index contributed by atoms with van der Waals surface area (Å²) in [4.78, 5) is 37.8. The second kappa shape index (κ2) is 10.6. The van der Waals surface area contributed by atoms with E-state index in [1.165, 1.54) is 0 Å². The van der Waals surface area contributed by atoms with Crippen molar-refractivity contribution in [3.05, 3.63) is 47.8 Å². The Morgan fingerprint density at radius 1 is 1.12 bits per heavy atom. The van der Waals surface area contributed by atoms with Crippen LogP contribution < -0.4 is 16.4 Å². The molecule has 0 aliphatic heterocycles. The zero-order valence-corrected chi connectivity index (χ0v) is 17.4. The minimum atomic E-state index is -1.63. The summed E-state index contributed by atoms with van der Waals surface area (Å²) < 4.78 is 5.62. The third kappa shape index (κ3) is 6.05. The van der Waals surface area contributed by atoms with Gasteiger partial charge in [0.25, 0.3) is 0 Å². The number of H-pyrrole nitrogens is 1. The lowest BCUT2D eigenvalue weighted by molar-refractivity contribution is -0.145. The number of nitrogens with one attached hydrogen (secondary N) is 3. The Bertz CT molecular complexity index is 1130. The van der Waals surface area contributed by atoms with Crippen molar-refractivity contribution in [2.45, 2.75) is 37.4 Å². The van der Waals surface area contributed by atoms with Crippen molar-refractivity contribution in [2.75, 3.05) is 6.61 Å². The van der Waals surface area contributed by atoms with Gasteiger partial charge in [-0.25, -0.2) is 9.59 Å².